The molecule has 3 aromatic rings. The summed E-state index contributed by atoms with van der Waals surface area (Å²) in [5, 5.41) is 20.7. The number of likely N-dealkylation sites (tertiary alicyclic amines) is 1. The minimum absolute atomic E-state index is 0.0359. The number of H-pyrrole nitrogens is 1. The monoisotopic (exact) mass is 363 g/mol. The van der Waals surface area contributed by atoms with Gasteiger partial charge in [0.25, 0.3) is 5.91 Å². The molecule has 0 radical (unpaired) electrons. The van der Waals surface area contributed by atoms with Crippen LogP contribution in [0.2, 0.25) is 0 Å². The number of hydrogen-bond acceptors (Lipinski definition) is 5. The van der Waals surface area contributed by atoms with E-state index in [1.807, 2.05) is 11.0 Å². The Labute approximate surface area is 156 Å². The highest BCUT2D eigenvalue weighted by atomic mass is 16.3. The van der Waals surface area contributed by atoms with Crippen LogP contribution in [0.5, 0.6) is 5.75 Å². The first-order valence-corrected chi connectivity index (χ1v) is 9.27. The number of benzene rings is 1. The summed E-state index contributed by atoms with van der Waals surface area (Å²) < 4.78 is 0. The molecule has 4 heterocycles. The quantitative estimate of drug-likeness (QED) is 0.649. The number of fused-ring (bicyclic) bond motifs is 1. The molecule has 2 aliphatic heterocycles. The number of pyridine rings is 1. The van der Waals surface area contributed by atoms with E-state index in [0.717, 1.165) is 55.5 Å². The molecule has 0 bridgehead atoms. The van der Waals surface area contributed by atoms with Gasteiger partial charge in [0, 0.05) is 24.1 Å². The maximum atomic E-state index is 13.2. The van der Waals surface area contributed by atoms with E-state index in [1.165, 1.54) is 0 Å². The molecule has 5 rings (SSSR count). The molecule has 2 fully saturated rings. The van der Waals surface area contributed by atoms with Gasteiger partial charge in [0.15, 0.2) is 0 Å². The van der Waals surface area contributed by atoms with E-state index in [-0.39, 0.29) is 17.1 Å². The van der Waals surface area contributed by atoms with Gasteiger partial charge in [0.2, 0.25) is 0 Å². The Hall–Kier alpha value is -2.93. The third kappa shape index (κ3) is 2.75. The fourth-order valence-electron chi connectivity index (χ4n) is 4.22. The Morgan fingerprint density at radius 1 is 1.15 bits per heavy atom. The number of nitrogens with one attached hydrogen (secondary N) is 2. The van der Waals surface area contributed by atoms with Crippen LogP contribution in [0.25, 0.3) is 22.2 Å². The van der Waals surface area contributed by atoms with Crippen molar-refractivity contribution in [2.45, 2.75) is 12.8 Å². The van der Waals surface area contributed by atoms with Crippen molar-refractivity contribution in [2.24, 2.45) is 5.41 Å². The second kappa shape index (κ2) is 6.06. The average Bonchev–Trinajstić information content (AvgIpc) is 3.14. The minimum Gasteiger partial charge on any atom is -0.508 e. The third-order valence-corrected chi connectivity index (χ3v) is 5.81. The molecule has 7 nitrogen and oxygen atoms in total. The predicted molar refractivity (Wildman–Crippen MR) is 101 cm³/mol. The molecule has 1 aromatic carbocycles. The van der Waals surface area contributed by atoms with E-state index < -0.39 is 0 Å². The van der Waals surface area contributed by atoms with Crippen LogP contribution in [0, 0.1) is 5.41 Å². The van der Waals surface area contributed by atoms with Crippen LogP contribution in [0.15, 0.2) is 36.5 Å². The summed E-state index contributed by atoms with van der Waals surface area (Å²) >= 11 is 0. The van der Waals surface area contributed by atoms with Gasteiger partial charge < -0.3 is 15.3 Å². The van der Waals surface area contributed by atoms with Gasteiger partial charge in [0.1, 0.15) is 11.4 Å². The SMILES string of the molecule is O=C(c1nc(-c2ccc(O)cc2)cc2[nH]ncc12)N1CC2(CCNCC2)C1. The number of carbonyl (C=O) groups excluding carboxylic acids is 1. The highest BCUT2D eigenvalue weighted by Crippen LogP contribution is 2.39. The number of carbonyl (C=O) groups is 1. The van der Waals surface area contributed by atoms with Gasteiger partial charge in [-0.3, -0.25) is 9.89 Å². The standard InChI is InChI=1S/C20H21N5O2/c26-14-3-1-13(2-4-14)16-9-17-15(10-22-24-17)18(23-16)19(27)25-11-20(12-25)5-7-21-8-6-20/h1-4,9-10,21,26H,5-8,11-12H2,(H,22,24). The normalized spacial score (nSPS) is 18.6. The van der Waals surface area contributed by atoms with Gasteiger partial charge in [0.05, 0.1) is 22.8 Å². The minimum atomic E-state index is -0.0359. The number of aromatic hydroxyl groups is 1. The van der Waals surface area contributed by atoms with Crippen molar-refractivity contribution in [3.8, 4) is 17.0 Å². The number of rotatable bonds is 2. The lowest BCUT2D eigenvalue weighted by Crippen LogP contribution is -2.61. The van der Waals surface area contributed by atoms with Crippen molar-refractivity contribution >= 4 is 16.8 Å². The first-order chi connectivity index (χ1) is 13.1. The van der Waals surface area contributed by atoms with Crippen molar-refractivity contribution in [1.29, 1.82) is 0 Å². The maximum absolute atomic E-state index is 13.2. The zero-order valence-corrected chi connectivity index (χ0v) is 14.9. The number of phenols is 1. The molecule has 0 aliphatic carbocycles. The lowest BCUT2D eigenvalue weighted by molar-refractivity contribution is -0.0115. The van der Waals surface area contributed by atoms with Crippen LogP contribution in [0.4, 0.5) is 0 Å². The highest BCUT2D eigenvalue weighted by Gasteiger charge is 2.46. The van der Waals surface area contributed by atoms with Gasteiger partial charge in [-0.2, -0.15) is 5.10 Å². The molecular formula is C20H21N5O2. The Kier molecular flexibility index (Phi) is 3.65. The molecule has 0 saturated carbocycles. The first-order valence-electron chi connectivity index (χ1n) is 9.27. The van der Waals surface area contributed by atoms with E-state index in [2.05, 4.69) is 20.5 Å². The number of nitrogens with zero attached hydrogens (tertiary/aromatic N) is 3. The lowest BCUT2D eigenvalue weighted by Gasteiger charge is -2.52. The number of aromatic nitrogens is 3. The third-order valence-electron chi connectivity index (χ3n) is 5.81. The zero-order chi connectivity index (χ0) is 18.4. The molecule has 2 aromatic heterocycles. The van der Waals surface area contributed by atoms with Gasteiger partial charge in [-0.15, -0.1) is 0 Å². The summed E-state index contributed by atoms with van der Waals surface area (Å²) in [5.41, 5.74) is 3.04. The largest absolute Gasteiger partial charge is 0.508 e. The highest BCUT2D eigenvalue weighted by molar-refractivity contribution is 6.05. The number of aromatic amines is 1. The number of piperidine rings is 1. The molecule has 3 N–H and O–H groups in total. The molecule has 2 aliphatic rings. The van der Waals surface area contributed by atoms with Crippen LogP contribution in [-0.2, 0) is 0 Å². The van der Waals surface area contributed by atoms with E-state index in [0.29, 0.717) is 11.4 Å². The number of amides is 1. The van der Waals surface area contributed by atoms with Crippen LogP contribution in [0.3, 0.4) is 0 Å². The molecule has 138 valence electrons. The predicted octanol–water partition coefficient (Wildman–Crippen LogP) is 2.16. The smallest absolute Gasteiger partial charge is 0.273 e. The van der Waals surface area contributed by atoms with Crippen LogP contribution in [-0.4, -0.2) is 57.3 Å². The van der Waals surface area contributed by atoms with Crippen LogP contribution >= 0.6 is 0 Å². The van der Waals surface area contributed by atoms with Gasteiger partial charge in [-0.25, -0.2) is 4.98 Å². The maximum Gasteiger partial charge on any atom is 0.273 e. The van der Waals surface area contributed by atoms with Crippen molar-refractivity contribution in [3.05, 3.63) is 42.2 Å². The summed E-state index contributed by atoms with van der Waals surface area (Å²) in [6, 6.07) is 8.71. The summed E-state index contributed by atoms with van der Waals surface area (Å²) in [6.45, 7) is 3.67. The first kappa shape index (κ1) is 16.3. The fourth-order valence-corrected chi connectivity index (χ4v) is 4.22. The van der Waals surface area contributed by atoms with Crippen molar-refractivity contribution in [3.63, 3.8) is 0 Å². The molecule has 2 saturated heterocycles. The summed E-state index contributed by atoms with van der Waals surface area (Å²) in [6.07, 6.45) is 3.91. The van der Waals surface area contributed by atoms with Crippen LogP contribution < -0.4 is 5.32 Å². The summed E-state index contributed by atoms with van der Waals surface area (Å²) in [7, 11) is 0. The molecular weight excluding hydrogens is 342 g/mol. The van der Waals surface area contributed by atoms with Crippen molar-refractivity contribution < 1.29 is 9.90 Å². The Balaban J connectivity index is 1.48. The molecule has 27 heavy (non-hydrogen) atoms. The number of hydrogen-bond donors (Lipinski definition) is 3. The second-order valence-electron chi connectivity index (χ2n) is 7.65. The van der Waals surface area contributed by atoms with E-state index in [1.54, 1.807) is 30.5 Å². The Morgan fingerprint density at radius 2 is 1.89 bits per heavy atom. The number of phenolic OH excluding ortho intramolecular Hbond substituents is 1. The second-order valence-corrected chi connectivity index (χ2v) is 7.65. The van der Waals surface area contributed by atoms with Gasteiger partial charge >= 0.3 is 0 Å². The lowest BCUT2D eigenvalue weighted by atomic mass is 9.72. The fraction of sp³-hybridized carbons (Fsp3) is 0.350. The van der Waals surface area contributed by atoms with E-state index in [9.17, 15) is 9.90 Å². The molecule has 0 atom stereocenters. The zero-order valence-electron chi connectivity index (χ0n) is 14.9. The van der Waals surface area contributed by atoms with Gasteiger partial charge in [-0.1, -0.05) is 0 Å². The average molecular weight is 363 g/mol. The topological polar surface area (TPSA) is 94.1 Å². The van der Waals surface area contributed by atoms with Crippen molar-refractivity contribution in [1.82, 2.24) is 25.4 Å². The van der Waals surface area contributed by atoms with Crippen LogP contribution in [0.1, 0.15) is 23.3 Å². The molecule has 1 spiro atoms. The molecule has 1 amide bonds. The van der Waals surface area contributed by atoms with Crippen molar-refractivity contribution in [2.75, 3.05) is 26.2 Å². The Bertz CT molecular complexity index is 997. The van der Waals surface area contributed by atoms with E-state index >= 15 is 0 Å². The Morgan fingerprint density at radius 3 is 2.63 bits per heavy atom. The van der Waals surface area contributed by atoms with Gasteiger partial charge in [-0.05, 0) is 56.3 Å². The molecule has 7 heteroatoms. The summed E-state index contributed by atoms with van der Waals surface area (Å²) in [5.74, 6) is 0.164. The summed E-state index contributed by atoms with van der Waals surface area (Å²) in [4.78, 5) is 19.7. The van der Waals surface area contributed by atoms with E-state index in [4.69, 9.17) is 0 Å². The molecule has 0 unspecified atom stereocenters.